The summed E-state index contributed by atoms with van der Waals surface area (Å²) in [6, 6.07) is 8.02. The fourth-order valence-electron chi connectivity index (χ4n) is 2.83. The number of carbonyl (C=O) groups is 1. The molecule has 0 aliphatic carbocycles. The Balaban J connectivity index is 1.99. The van der Waals surface area contributed by atoms with Gasteiger partial charge in [0.1, 0.15) is 0 Å². The Morgan fingerprint density at radius 2 is 2.24 bits per heavy atom. The average molecular weight is 309 g/mol. The maximum atomic E-state index is 12.6. The summed E-state index contributed by atoms with van der Waals surface area (Å²) in [5.41, 5.74) is 0.663. The molecule has 21 heavy (non-hydrogen) atoms. The van der Waals surface area contributed by atoms with Gasteiger partial charge in [-0.3, -0.25) is 4.79 Å². The van der Waals surface area contributed by atoms with Crippen molar-refractivity contribution in [1.29, 1.82) is 0 Å². The monoisotopic (exact) mass is 308 g/mol. The van der Waals surface area contributed by atoms with Crippen LogP contribution in [0.25, 0.3) is 0 Å². The molecular weight excluding hydrogens is 284 g/mol. The molecular formula is C17H25ClN2O. The van der Waals surface area contributed by atoms with E-state index in [1.807, 2.05) is 38.1 Å². The van der Waals surface area contributed by atoms with E-state index in [-0.39, 0.29) is 11.9 Å². The molecule has 1 saturated heterocycles. The molecule has 3 nitrogen and oxygen atoms in total. The van der Waals surface area contributed by atoms with E-state index in [0.717, 1.165) is 30.1 Å². The predicted octanol–water partition coefficient (Wildman–Crippen LogP) is 3.02. The number of halogens is 1. The molecule has 1 amide bonds. The second-order valence-electron chi connectivity index (χ2n) is 6.74. The molecule has 1 aliphatic rings. The van der Waals surface area contributed by atoms with Gasteiger partial charge in [0.2, 0.25) is 5.91 Å². The predicted molar refractivity (Wildman–Crippen MR) is 87.5 cm³/mol. The third-order valence-electron chi connectivity index (χ3n) is 4.25. The highest BCUT2D eigenvalue weighted by molar-refractivity contribution is 6.30. The third-order valence-corrected chi connectivity index (χ3v) is 4.49. The molecule has 2 rings (SSSR count). The molecule has 1 aromatic rings. The van der Waals surface area contributed by atoms with Crippen LogP contribution in [-0.4, -0.2) is 25.0 Å². The summed E-state index contributed by atoms with van der Waals surface area (Å²) in [6.07, 6.45) is 1.69. The van der Waals surface area contributed by atoms with E-state index < -0.39 is 5.41 Å². The second-order valence-corrected chi connectivity index (χ2v) is 7.18. The quantitative estimate of drug-likeness (QED) is 0.897. The number of amides is 1. The molecule has 2 unspecified atom stereocenters. The van der Waals surface area contributed by atoms with Gasteiger partial charge >= 0.3 is 0 Å². The van der Waals surface area contributed by atoms with Crippen molar-refractivity contribution < 1.29 is 4.79 Å². The van der Waals surface area contributed by atoms with Gasteiger partial charge in [-0.2, -0.15) is 0 Å². The van der Waals surface area contributed by atoms with Gasteiger partial charge in [-0.15, -0.1) is 0 Å². The number of nitrogens with one attached hydrogen (secondary N) is 2. The minimum Gasteiger partial charge on any atom is -0.353 e. The maximum absolute atomic E-state index is 12.6. The van der Waals surface area contributed by atoms with Crippen LogP contribution in [0.2, 0.25) is 5.02 Å². The van der Waals surface area contributed by atoms with Crippen molar-refractivity contribution in [3.63, 3.8) is 0 Å². The van der Waals surface area contributed by atoms with Crippen LogP contribution in [-0.2, 0) is 11.2 Å². The summed E-state index contributed by atoms with van der Waals surface area (Å²) in [5, 5.41) is 7.31. The highest BCUT2D eigenvalue weighted by atomic mass is 35.5. The van der Waals surface area contributed by atoms with Gasteiger partial charge in [0.15, 0.2) is 0 Å². The van der Waals surface area contributed by atoms with Crippen molar-refractivity contribution in [2.75, 3.05) is 13.1 Å². The molecule has 0 saturated carbocycles. The number of hydrogen-bond acceptors (Lipinski definition) is 2. The molecule has 1 fully saturated rings. The summed E-state index contributed by atoms with van der Waals surface area (Å²) >= 11 is 6.02. The van der Waals surface area contributed by atoms with E-state index in [0.29, 0.717) is 12.3 Å². The first-order valence-electron chi connectivity index (χ1n) is 7.64. The highest BCUT2D eigenvalue weighted by Crippen LogP contribution is 2.25. The Bertz CT molecular complexity index is 501. The zero-order chi connectivity index (χ0) is 15.5. The van der Waals surface area contributed by atoms with Crippen LogP contribution in [0.15, 0.2) is 24.3 Å². The lowest BCUT2D eigenvalue weighted by atomic mass is 9.83. The average Bonchev–Trinajstić information content (AvgIpc) is 2.40. The van der Waals surface area contributed by atoms with Crippen LogP contribution in [0, 0.1) is 11.3 Å². The summed E-state index contributed by atoms with van der Waals surface area (Å²) in [6.45, 7) is 8.12. The number of carbonyl (C=O) groups excluding carboxylic acids is 1. The van der Waals surface area contributed by atoms with Gasteiger partial charge in [-0.05, 0) is 49.5 Å². The number of piperidine rings is 1. The zero-order valence-corrected chi connectivity index (χ0v) is 13.8. The smallest absolute Gasteiger partial charge is 0.226 e. The standard InChI is InChI=1S/C17H25ClN2O/c1-12-11-19-8-7-15(12)20-16(21)17(2,3)10-13-5-4-6-14(18)9-13/h4-6,9,12,15,19H,7-8,10-11H2,1-3H3,(H,20,21). The molecule has 2 atom stereocenters. The van der Waals surface area contributed by atoms with Crippen molar-refractivity contribution in [1.82, 2.24) is 10.6 Å². The molecule has 1 aliphatic heterocycles. The lowest BCUT2D eigenvalue weighted by Gasteiger charge is -2.33. The van der Waals surface area contributed by atoms with Crippen molar-refractivity contribution >= 4 is 17.5 Å². The maximum Gasteiger partial charge on any atom is 0.226 e. The number of rotatable bonds is 4. The molecule has 0 aromatic heterocycles. The number of hydrogen-bond donors (Lipinski definition) is 2. The zero-order valence-electron chi connectivity index (χ0n) is 13.1. The van der Waals surface area contributed by atoms with E-state index in [1.54, 1.807) is 0 Å². The molecule has 1 aromatic carbocycles. The number of benzene rings is 1. The van der Waals surface area contributed by atoms with Crippen molar-refractivity contribution in [2.45, 2.75) is 39.7 Å². The summed E-state index contributed by atoms with van der Waals surface area (Å²) in [7, 11) is 0. The van der Waals surface area contributed by atoms with Crippen LogP contribution in [0.3, 0.4) is 0 Å². The first-order chi connectivity index (χ1) is 9.88. The van der Waals surface area contributed by atoms with Crippen LogP contribution in [0.4, 0.5) is 0 Å². The molecule has 0 radical (unpaired) electrons. The summed E-state index contributed by atoms with van der Waals surface area (Å²) < 4.78 is 0. The van der Waals surface area contributed by atoms with Gasteiger partial charge in [0.05, 0.1) is 0 Å². The van der Waals surface area contributed by atoms with Crippen LogP contribution in [0.1, 0.15) is 32.8 Å². The topological polar surface area (TPSA) is 41.1 Å². The first-order valence-corrected chi connectivity index (χ1v) is 8.02. The largest absolute Gasteiger partial charge is 0.353 e. The Kier molecular flexibility index (Phi) is 5.28. The minimum atomic E-state index is -0.435. The fourth-order valence-corrected chi connectivity index (χ4v) is 3.04. The Labute approximate surface area is 132 Å². The van der Waals surface area contributed by atoms with Gasteiger partial charge in [0, 0.05) is 16.5 Å². The summed E-state index contributed by atoms with van der Waals surface area (Å²) in [5.74, 6) is 0.603. The van der Waals surface area contributed by atoms with E-state index in [9.17, 15) is 4.79 Å². The molecule has 0 spiro atoms. The highest BCUT2D eigenvalue weighted by Gasteiger charge is 2.31. The van der Waals surface area contributed by atoms with E-state index in [1.165, 1.54) is 0 Å². The SMILES string of the molecule is CC1CNCCC1NC(=O)C(C)(C)Cc1cccc(Cl)c1. The lowest BCUT2D eigenvalue weighted by Crippen LogP contribution is -2.51. The summed E-state index contributed by atoms with van der Waals surface area (Å²) in [4.78, 5) is 12.6. The van der Waals surface area contributed by atoms with E-state index >= 15 is 0 Å². The molecule has 116 valence electrons. The van der Waals surface area contributed by atoms with Crippen molar-refractivity contribution in [3.05, 3.63) is 34.9 Å². The molecule has 4 heteroatoms. The lowest BCUT2D eigenvalue weighted by molar-refractivity contribution is -0.130. The second kappa shape index (κ2) is 6.80. The van der Waals surface area contributed by atoms with Crippen LogP contribution >= 0.6 is 11.6 Å². The van der Waals surface area contributed by atoms with Crippen LogP contribution in [0.5, 0.6) is 0 Å². The van der Waals surface area contributed by atoms with Gasteiger partial charge < -0.3 is 10.6 Å². The fraction of sp³-hybridized carbons (Fsp3) is 0.588. The van der Waals surface area contributed by atoms with Gasteiger partial charge in [-0.1, -0.05) is 44.5 Å². The molecule has 2 N–H and O–H groups in total. The van der Waals surface area contributed by atoms with E-state index in [2.05, 4.69) is 17.6 Å². The van der Waals surface area contributed by atoms with Gasteiger partial charge in [0.25, 0.3) is 0 Å². The first kappa shape index (κ1) is 16.3. The Morgan fingerprint density at radius 3 is 2.90 bits per heavy atom. The minimum absolute atomic E-state index is 0.126. The van der Waals surface area contributed by atoms with E-state index in [4.69, 9.17) is 11.6 Å². The van der Waals surface area contributed by atoms with Gasteiger partial charge in [-0.25, -0.2) is 0 Å². The Hall–Kier alpha value is -1.06. The Morgan fingerprint density at radius 1 is 1.48 bits per heavy atom. The van der Waals surface area contributed by atoms with Crippen LogP contribution < -0.4 is 10.6 Å². The molecule has 1 heterocycles. The normalized spacial score (nSPS) is 22.9. The third kappa shape index (κ3) is 4.45. The van der Waals surface area contributed by atoms with Crippen molar-refractivity contribution in [3.8, 4) is 0 Å². The molecule has 0 bridgehead atoms. The van der Waals surface area contributed by atoms with Crippen molar-refractivity contribution in [2.24, 2.45) is 11.3 Å².